The summed E-state index contributed by atoms with van der Waals surface area (Å²) in [5.74, 6) is 0. The van der Waals surface area contributed by atoms with E-state index in [9.17, 15) is 13.2 Å². The minimum absolute atomic E-state index is 0.0937. The predicted octanol–water partition coefficient (Wildman–Crippen LogP) is 2.13. The zero-order chi connectivity index (χ0) is 20.4. The summed E-state index contributed by atoms with van der Waals surface area (Å²) >= 11 is 0. The second-order valence-electron chi connectivity index (χ2n) is 8.24. The van der Waals surface area contributed by atoms with Crippen LogP contribution in [0.3, 0.4) is 0 Å². The molecule has 1 saturated heterocycles. The fourth-order valence-electron chi connectivity index (χ4n) is 3.05. The molecule has 1 aliphatic heterocycles. The Hall–Kier alpha value is -1.81. The van der Waals surface area contributed by atoms with Gasteiger partial charge in [-0.3, -0.25) is 4.68 Å². The zero-order valence-electron chi connectivity index (χ0n) is 17.0. The Balaban J connectivity index is 2.33. The molecule has 0 spiro atoms. The molecule has 1 aromatic heterocycles. The van der Waals surface area contributed by atoms with E-state index in [-0.39, 0.29) is 12.1 Å². The van der Waals surface area contributed by atoms with Crippen LogP contribution in [-0.4, -0.2) is 61.0 Å². The fourth-order valence-corrected chi connectivity index (χ4v) is 4.34. The summed E-state index contributed by atoms with van der Waals surface area (Å²) in [6, 6.07) is -0.204. The number of likely N-dealkylation sites (N-methyl/N-ethyl adjacent to an activating group) is 1. The summed E-state index contributed by atoms with van der Waals surface area (Å²) in [6.07, 6.45) is 3.79. The van der Waals surface area contributed by atoms with Gasteiger partial charge in [-0.15, -0.1) is 0 Å². The molecule has 1 N–H and O–H groups in total. The number of hydrogen-bond acceptors (Lipinski definition) is 6. The molecule has 0 radical (unpaired) electrons. The van der Waals surface area contributed by atoms with Gasteiger partial charge in [0, 0.05) is 18.8 Å². The second-order valence-corrected chi connectivity index (χ2v) is 9.78. The van der Waals surface area contributed by atoms with Crippen LogP contribution in [0.15, 0.2) is 12.4 Å². The van der Waals surface area contributed by atoms with E-state index < -0.39 is 21.9 Å². The van der Waals surface area contributed by atoms with Crippen molar-refractivity contribution in [1.29, 1.82) is 0 Å². The lowest BCUT2D eigenvalue weighted by Gasteiger charge is -2.37. The SMILES string of the molecule is CC(C)n1cc(N([C@@H]2CCCN(C)C2)S(=O)(=O)NC(=O)OC(C)(C)C)cn1. The van der Waals surface area contributed by atoms with Crippen molar-refractivity contribution in [2.45, 2.75) is 65.1 Å². The van der Waals surface area contributed by atoms with Crippen molar-refractivity contribution >= 4 is 22.0 Å². The Morgan fingerprint density at radius 2 is 2.07 bits per heavy atom. The van der Waals surface area contributed by atoms with Crippen molar-refractivity contribution in [2.75, 3.05) is 24.4 Å². The Morgan fingerprint density at radius 1 is 1.41 bits per heavy atom. The lowest BCUT2D eigenvalue weighted by molar-refractivity contribution is 0.0570. The number of hydrogen-bond donors (Lipinski definition) is 1. The molecule has 1 aromatic rings. The van der Waals surface area contributed by atoms with E-state index in [4.69, 9.17) is 4.74 Å². The van der Waals surface area contributed by atoms with Gasteiger partial charge in [0.1, 0.15) is 5.60 Å². The number of piperidine rings is 1. The molecule has 0 aromatic carbocycles. The van der Waals surface area contributed by atoms with Crippen molar-refractivity contribution in [1.82, 2.24) is 19.4 Å². The third-order valence-corrected chi connectivity index (χ3v) is 5.62. The topological polar surface area (TPSA) is 96.8 Å². The van der Waals surface area contributed by atoms with E-state index >= 15 is 0 Å². The number of likely N-dealkylation sites (tertiary alicyclic amines) is 1. The number of rotatable bonds is 5. The van der Waals surface area contributed by atoms with Crippen molar-refractivity contribution < 1.29 is 17.9 Å². The molecule has 27 heavy (non-hydrogen) atoms. The molecule has 1 aliphatic rings. The average molecular weight is 402 g/mol. The number of nitrogens with zero attached hydrogens (tertiary/aromatic N) is 4. The normalized spacial score (nSPS) is 19.1. The van der Waals surface area contributed by atoms with Crippen LogP contribution in [-0.2, 0) is 14.9 Å². The van der Waals surface area contributed by atoms with Gasteiger partial charge < -0.3 is 9.64 Å². The highest BCUT2D eigenvalue weighted by Gasteiger charge is 2.35. The molecule has 1 fully saturated rings. The smallest absolute Gasteiger partial charge is 0.422 e. The first-order valence-electron chi connectivity index (χ1n) is 9.17. The van der Waals surface area contributed by atoms with E-state index in [2.05, 4.69) is 10.00 Å². The highest BCUT2D eigenvalue weighted by atomic mass is 32.2. The van der Waals surface area contributed by atoms with E-state index in [1.165, 1.54) is 10.5 Å². The third kappa shape index (κ3) is 5.83. The number of anilines is 1. The van der Waals surface area contributed by atoms with Gasteiger partial charge >= 0.3 is 16.3 Å². The standard InChI is InChI=1S/C17H31N5O4S/c1-13(2)21-12-15(10-18-21)22(14-8-7-9-20(6)11-14)27(24,25)19-16(23)26-17(3,4)5/h10,12-14H,7-9,11H2,1-6H3,(H,19,23)/t14-/m1/s1. The molecule has 0 bridgehead atoms. The van der Waals surface area contributed by atoms with Gasteiger partial charge in [0.05, 0.1) is 17.9 Å². The first-order valence-corrected chi connectivity index (χ1v) is 10.6. The molecule has 1 amide bonds. The van der Waals surface area contributed by atoms with Gasteiger partial charge in [0.15, 0.2) is 0 Å². The third-order valence-electron chi connectivity index (χ3n) is 4.17. The Labute approximate surface area is 161 Å². The number of amides is 1. The van der Waals surface area contributed by atoms with Crippen molar-refractivity contribution in [3.05, 3.63) is 12.4 Å². The van der Waals surface area contributed by atoms with Gasteiger partial charge in [-0.05, 0) is 61.1 Å². The van der Waals surface area contributed by atoms with Crippen LogP contribution in [0.5, 0.6) is 0 Å². The summed E-state index contributed by atoms with van der Waals surface area (Å²) in [5.41, 5.74) is -0.363. The van der Waals surface area contributed by atoms with Crippen LogP contribution in [0.4, 0.5) is 10.5 Å². The largest absolute Gasteiger partial charge is 0.443 e. The quantitative estimate of drug-likeness (QED) is 0.812. The van der Waals surface area contributed by atoms with Crippen LogP contribution in [0.25, 0.3) is 0 Å². The summed E-state index contributed by atoms with van der Waals surface area (Å²) in [5, 5.41) is 4.26. The first kappa shape index (κ1) is 21.5. The molecule has 2 heterocycles. The van der Waals surface area contributed by atoms with Gasteiger partial charge in [-0.1, -0.05) is 0 Å². The highest BCUT2D eigenvalue weighted by molar-refractivity contribution is 7.91. The summed E-state index contributed by atoms with van der Waals surface area (Å²) in [4.78, 5) is 14.2. The summed E-state index contributed by atoms with van der Waals surface area (Å²) in [7, 11) is -2.20. The van der Waals surface area contributed by atoms with Crippen molar-refractivity contribution in [3.8, 4) is 0 Å². The maximum atomic E-state index is 13.1. The molecule has 154 valence electrons. The molecule has 0 unspecified atom stereocenters. The van der Waals surface area contributed by atoms with E-state index in [0.29, 0.717) is 18.7 Å². The van der Waals surface area contributed by atoms with E-state index in [0.717, 1.165) is 13.0 Å². The average Bonchev–Trinajstić information content (AvgIpc) is 2.93. The lowest BCUT2D eigenvalue weighted by atomic mass is 10.1. The molecular weight excluding hydrogens is 370 g/mol. The second kappa shape index (κ2) is 8.05. The Kier molecular flexibility index (Phi) is 6.41. The van der Waals surface area contributed by atoms with Crippen LogP contribution in [0.1, 0.15) is 53.5 Å². The monoisotopic (exact) mass is 401 g/mol. The molecular formula is C17H31N5O4S. The molecule has 9 nitrogen and oxygen atoms in total. The number of carbonyl (C=O) groups excluding carboxylic acids is 1. The van der Waals surface area contributed by atoms with E-state index in [1.54, 1.807) is 31.6 Å². The van der Waals surface area contributed by atoms with Crippen LogP contribution >= 0.6 is 0 Å². The number of ether oxygens (including phenoxy) is 1. The van der Waals surface area contributed by atoms with Crippen LogP contribution < -0.4 is 9.03 Å². The maximum absolute atomic E-state index is 13.1. The molecule has 1 atom stereocenters. The number of aromatic nitrogens is 2. The first-order chi connectivity index (χ1) is 12.4. The Bertz CT molecular complexity index is 754. The fraction of sp³-hybridized carbons (Fsp3) is 0.765. The molecule has 2 rings (SSSR count). The summed E-state index contributed by atoms with van der Waals surface area (Å²) < 4.78 is 36.3. The minimum atomic E-state index is -4.15. The number of carbonyl (C=O) groups is 1. The number of nitrogens with one attached hydrogen (secondary N) is 1. The van der Waals surface area contributed by atoms with Crippen molar-refractivity contribution in [2.24, 2.45) is 0 Å². The molecule has 0 saturated carbocycles. The predicted molar refractivity (Wildman–Crippen MR) is 104 cm³/mol. The Morgan fingerprint density at radius 3 is 2.59 bits per heavy atom. The maximum Gasteiger partial charge on any atom is 0.422 e. The van der Waals surface area contributed by atoms with Gasteiger partial charge in [0.2, 0.25) is 0 Å². The van der Waals surface area contributed by atoms with E-state index in [1.807, 2.05) is 25.6 Å². The van der Waals surface area contributed by atoms with Gasteiger partial charge in [0.25, 0.3) is 0 Å². The molecule has 10 heteroatoms. The van der Waals surface area contributed by atoms with Gasteiger partial charge in [-0.2, -0.15) is 13.5 Å². The van der Waals surface area contributed by atoms with Gasteiger partial charge in [-0.25, -0.2) is 13.8 Å². The minimum Gasteiger partial charge on any atom is -0.443 e. The molecule has 0 aliphatic carbocycles. The summed E-state index contributed by atoms with van der Waals surface area (Å²) in [6.45, 7) is 10.4. The highest BCUT2D eigenvalue weighted by Crippen LogP contribution is 2.26. The van der Waals surface area contributed by atoms with Crippen molar-refractivity contribution in [3.63, 3.8) is 0 Å². The lowest BCUT2D eigenvalue weighted by Crippen LogP contribution is -2.54. The zero-order valence-corrected chi connectivity index (χ0v) is 17.8. The van der Waals surface area contributed by atoms with Crippen LogP contribution in [0, 0.1) is 0 Å². The van der Waals surface area contributed by atoms with Crippen LogP contribution in [0.2, 0.25) is 0 Å².